The number of thiophene rings is 1. The number of furan rings is 1. The van der Waals surface area contributed by atoms with Crippen LogP contribution in [0, 0.1) is 0 Å². The van der Waals surface area contributed by atoms with E-state index in [9.17, 15) is 4.79 Å². The van der Waals surface area contributed by atoms with Crippen LogP contribution in [-0.4, -0.2) is 19.0 Å². The van der Waals surface area contributed by atoms with Crippen LogP contribution >= 0.6 is 34.5 Å². The summed E-state index contributed by atoms with van der Waals surface area (Å²) >= 11 is 14.1. The third-order valence-corrected chi connectivity index (χ3v) is 5.76. The van der Waals surface area contributed by atoms with Gasteiger partial charge in [0.2, 0.25) is 5.90 Å². The summed E-state index contributed by atoms with van der Waals surface area (Å²) in [4.78, 5) is 16.8. The van der Waals surface area contributed by atoms with Gasteiger partial charge in [-0.3, -0.25) is 0 Å². The maximum atomic E-state index is 12.0. The molecule has 4 rings (SSSR count). The number of esters is 1. The van der Waals surface area contributed by atoms with Gasteiger partial charge in [0.05, 0.1) is 23.1 Å². The van der Waals surface area contributed by atoms with Crippen LogP contribution in [0.25, 0.3) is 16.2 Å². The van der Waals surface area contributed by atoms with Crippen LogP contribution in [0.4, 0.5) is 0 Å². The maximum Gasteiger partial charge on any atom is 0.363 e. The molecule has 0 saturated heterocycles. The number of carbonyl (C=O) groups excluding carboxylic acids is 1. The normalized spacial score (nSPS) is 15.7. The van der Waals surface area contributed by atoms with E-state index in [0.29, 0.717) is 26.4 Å². The molecule has 3 heterocycles. The van der Waals surface area contributed by atoms with Crippen LogP contribution in [0.1, 0.15) is 10.6 Å². The SMILES string of the molecule is COc1ccc2c(Cl)c(C3=N/C(=C\c4ccco4)C(=O)O3)sc2c1Cl. The standard InChI is InChI=1S/C17H9Cl2NO4S/c1-22-11-5-4-9-12(18)15(25-14(9)13(11)19)16-20-10(17(21)24-16)7-8-3-2-6-23-8/h2-7H,1H3/b10-7-. The van der Waals surface area contributed by atoms with E-state index in [-0.39, 0.29) is 11.6 Å². The Morgan fingerprint density at radius 2 is 2.08 bits per heavy atom. The zero-order valence-electron chi connectivity index (χ0n) is 12.7. The average Bonchev–Trinajstić information content (AvgIpc) is 3.30. The number of nitrogens with zero attached hydrogens (tertiary/aromatic N) is 1. The Morgan fingerprint density at radius 3 is 2.80 bits per heavy atom. The lowest BCUT2D eigenvalue weighted by atomic mass is 10.2. The summed E-state index contributed by atoms with van der Waals surface area (Å²) in [6, 6.07) is 6.97. The maximum absolute atomic E-state index is 12.0. The molecule has 126 valence electrons. The number of ether oxygens (including phenoxy) is 2. The quantitative estimate of drug-likeness (QED) is 0.455. The number of aliphatic imine (C=N–C) groups is 1. The highest BCUT2D eigenvalue weighted by molar-refractivity contribution is 7.22. The lowest BCUT2D eigenvalue weighted by Gasteiger charge is -2.02. The summed E-state index contributed by atoms with van der Waals surface area (Å²) in [5.74, 6) is 0.627. The van der Waals surface area contributed by atoms with Gasteiger partial charge in [-0.05, 0) is 24.3 Å². The van der Waals surface area contributed by atoms with Crippen molar-refractivity contribution in [3.8, 4) is 5.75 Å². The van der Waals surface area contributed by atoms with E-state index in [2.05, 4.69) is 4.99 Å². The molecule has 0 unspecified atom stereocenters. The van der Waals surface area contributed by atoms with Gasteiger partial charge in [0, 0.05) is 11.5 Å². The van der Waals surface area contributed by atoms with E-state index in [4.69, 9.17) is 37.1 Å². The largest absolute Gasteiger partial charge is 0.495 e. The van der Waals surface area contributed by atoms with Crippen LogP contribution < -0.4 is 4.74 Å². The number of rotatable bonds is 3. The number of hydrogen-bond acceptors (Lipinski definition) is 6. The predicted molar refractivity (Wildman–Crippen MR) is 97.7 cm³/mol. The van der Waals surface area contributed by atoms with Crippen molar-refractivity contribution in [2.75, 3.05) is 7.11 Å². The molecular formula is C17H9Cl2NO4S. The Balaban J connectivity index is 1.81. The molecule has 3 aromatic rings. The fourth-order valence-electron chi connectivity index (χ4n) is 2.39. The molecule has 0 bridgehead atoms. The number of cyclic esters (lactones) is 1. The smallest absolute Gasteiger partial charge is 0.363 e. The molecule has 1 aliphatic heterocycles. The molecule has 0 radical (unpaired) electrons. The van der Waals surface area contributed by atoms with Crippen molar-refractivity contribution in [3.63, 3.8) is 0 Å². The lowest BCUT2D eigenvalue weighted by Crippen LogP contribution is -2.04. The first-order chi connectivity index (χ1) is 12.1. The Morgan fingerprint density at radius 1 is 1.24 bits per heavy atom. The summed E-state index contributed by atoms with van der Waals surface area (Å²) in [5.41, 5.74) is 0.141. The van der Waals surface area contributed by atoms with Crippen molar-refractivity contribution in [1.82, 2.24) is 0 Å². The van der Waals surface area contributed by atoms with Gasteiger partial charge in [0.25, 0.3) is 0 Å². The summed E-state index contributed by atoms with van der Waals surface area (Å²) in [7, 11) is 1.54. The van der Waals surface area contributed by atoms with Crippen molar-refractivity contribution < 1.29 is 18.7 Å². The highest BCUT2D eigenvalue weighted by Crippen LogP contribution is 2.44. The minimum atomic E-state index is -0.566. The fraction of sp³-hybridized carbons (Fsp3) is 0.0588. The van der Waals surface area contributed by atoms with Gasteiger partial charge in [-0.2, -0.15) is 0 Å². The van der Waals surface area contributed by atoms with Crippen molar-refractivity contribution in [3.05, 3.63) is 56.9 Å². The van der Waals surface area contributed by atoms with E-state index in [1.54, 1.807) is 24.3 Å². The van der Waals surface area contributed by atoms with E-state index < -0.39 is 5.97 Å². The first kappa shape index (κ1) is 16.2. The van der Waals surface area contributed by atoms with Crippen molar-refractivity contribution in [2.45, 2.75) is 0 Å². The molecule has 0 fully saturated rings. The summed E-state index contributed by atoms with van der Waals surface area (Å²) < 4.78 is 16.4. The number of carbonyl (C=O) groups is 1. The first-order valence-electron chi connectivity index (χ1n) is 7.09. The second-order valence-corrected chi connectivity index (χ2v) is 6.83. The molecule has 1 aliphatic rings. The average molecular weight is 394 g/mol. The van der Waals surface area contributed by atoms with E-state index in [0.717, 1.165) is 10.1 Å². The van der Waals surface area contributed by atoms with E-state index in [1.807, 2.05) is 0 Å². The molecule has 0 saturated carbocycles. The summed E-state index contributed by atoms with van der Waals surface area (Å²) in [6.45, 7) is 0. The summed E-state index contributed by atoms with van der Waals surface area (Å²) in [6.07, 6.45) is 3.02. The molecular weight excluding hydrogens is 385 g/mol. The molecule has 0 aliphatic carbocycles. The number of hydrogen-bond donors (Lipinski definition) is 0. The van der Waals surface area contributed by atoms with Crippen molar-refractivity contribution in [2.24, 2.45) is 4.99 Å². The third-order valence-electron chi connectivity index (χ3n) is 3.56. The second-order valence-electron chi connectivity index (χ2n) is 5.06. The van der Waals surface area contributed by atoms with Gasteiger partial charge in [0.15, 0.2) is 5.70 Å². The molecule has 25 heavy (non-hydrogen) atoms. The Labute approximate surface area is 156 Å². The van der Waals surface area contributed by atoms with Gasteiger partial charge in [-0.15, -0.1) is 11.3 Å². The van der Waals surface area contributed by atoms with Crippen molar-refractivity contribution in [1.29, 1.82) is 0 Å². The molecule has 1 aromatic carbocycles. The van der Waals surface area contributed by atoms with Gasteiger partial charge in [0.1, 0.15) is 21.4 Å². The Kier molecular flexibility index (Phi) is 4.03. The van der Waals surface area contributed by atoms with Crippen LogP contribution in [-0.2, 0) is 9.53 Å². The zero-order chi connectivity index (χ0) is 17.6. The second kappa shape index (κ2) is 6.22. The molecule has 2 aromatic heterocycles. The minimum Gasteiger partial charge on any atom is -0.495 e. The molecule has 0 N–H and O–H groups in total. The number of fused-ring (bicyclic) bond motifs is 1. The van der Waals surface area contributed by atoms with Gasteiger partial charge < -0.3 is 13.9 Å². The third kappa shape index (κ3) is 2.72. The molecule has 0 amide bonds. The molecule has 0 atom stereocenters. The van der Waals surface area contributed by atoms with E-state index in [1.165, 1.54) is 30.8 Å². The van der Waals surface area contributed by atoms with Gasteiger partial charge in [-0.25, -0.2) is 9.79 Å². The zero-order valence-corrected chi connectivity index (χ0v) is 15.0. The highest BCUT2D eigenvalue weighted by Gasteiger charge is 2.29. The monoisotopic (exact) mass is 393 g/mol. The predicted octanol–water partition coefficient (Wildman–Crippen LogP) is 5.15. The van der Waals surface area contributed by atoms with E-state index >= 15 is 0 Å². The number of methoxy groups -OCH3 is 1. The summed E-state index contributed by atoms with van der Waals surface area (Å²) in [5, 5.41) is 1.62. The Bertz CT molecular complexity index is 1050. The van der Waals surface area contributed by atoms with Crippen molar-refractivity contribution >= 4 is 62.6 Å². The first-order valence-corrected chi connectivity index (χ1v) is 8.66. The Hall–Kier alpha value is -2.28. The highest BCUT2D eigenvalue weighted by atomic mass is 35.5. The lowest BCUT2D eigenvalue weighted by molar-refractivity contribution is -0.129. The van der Waals surface area contributed by atoms with Gasteiger partial charge in [-0.1, -0.05) is 23.2 Å². The van der Waals surface area contributed by atoms with Crippen LogP contribution in [0.2, 0.25) is 10.0 Å². The topological polar surface area (TPSA) is 61.0 Å². The van der Waals surface area contributed by atoms with Gasteiger partial charge >= 0.3 is 5.97 Å². The minimum absolute atomic E-state index is 0.141. The molecule has 5 nitrogen and oxygen atoms in total. The molecule has 0 spiro atoms. The molecule has 8 heteroatoms. The fourth-order valence-corrected chi connectivity index (χ4v) is 4.21. The van der Waals surface area contributed by atoms with Crippen LogP contribution in [0.15, 0.2) is 45.6 Å². The van der Waals surface area contributed by atoms with Crippen LogP contribution in [0.3, 0.4) is 0 Å². The number of benzene rings is 1. The van der Waals surface area contributed by atoms with Crippen LogP contribution in [0.5, 0.6) is 5.75 Å². The number of halogens is 2.